The van der Waals surface area contributed by atoms with Crippen LogP contribution in [0.2, 0.25) is 10.0 Å². The molecule has 0 amide bonds. The fourth-order valence-corrected chi connectivity index (χ4v) is 4.72. The monoisotopic (exact) mass is 591 g/mol. The molecule has 1 aliphatic heterocycles. The van der Waals surface area contributed by atoms with Crippen LogP contribution >= 0.6 is 23.2 Å². The van der Waals surface area contributed by atoms with E-state index in [1.807, 2.05) is 0 Å². The zero-order chi connectivity index (χ0) is 28.6. The molecule has 1 fully saturated rings. The summed E-state index contributed by atoms with van der Waals surface area (Å²) in [7, 11) is 0. The number of rotatable bonds is 7. The highest BCUT2D eigenvalue weighted by Crippen LogP contribution is 2.41. The second kappa shape index (κ2) is 10.9. The van der Waals surface area contributed by atoms with Gasteiger partial charge in [-0.1, -0.05) is 59.6 Å². The van der Waals surface area contributed by atoms with Crippen molar-refractivity contribution in [2.45, 2.75) is 23.9 Å². The molecule has 0 aromatic heterocycles. The van der Waals surface area contributed by atoms with Gasteiger partial charge < -0.3 is 14.9 Å². The van der Waals surface area contributed by atoms with E-state index in [1.54, 1.807) is 41.3 Å². The van der Waals surface area contributed by atoms with Crippen molar-refractivity contribution in [3.05, 3.63) is 111 Å². The standard InChI is InChI=1S/C27H21Cl2F6NO3/c28-22-7-6-16(8-23(22)29)21(12-36-14-25(38,15-36)17-4-2-1-3-5-17)24(13-37)39-20-10-18(26(30,31)32)9-19(11-20)27(33,34)35/h1-11,13,21,37-38H,12,14-15H2/b24-13-. The first kappa shape index (κ1) is 29.1. The topological polar surface area (TPSA) is 52.9 Å². The SMILES string of the molecule is O/C=C(\Oc1cc(C(F)(F)F)cc(C(F)(F)F)c1)C(CN1CC(O)(c2ccccc2)C1)c1ccc(Cl)c(Cl)c1. The lowest BCUT2D eigenvalue weighted by Gasteiger charge is -2.48. The summed E-state index contributed by atoms with van der Waals surface area (Å²) >= 11 is 12.2. The molecule has 4 nitrogen and oxygen atoms in total. The van der Waals surface area contributed by atoms with Crippen LogP contribution in [-0.4, -0.2) is 34.7 Å². The maximum atomic E-state index is 13.4. The Morgan fingerprint density at radius 1 is 0.897 bits per heavy atom. The van der Waals surface area contributed by atoms with Gasteiger partial charge in [0.15, 0.2) is 0 Å². The van der Waals surface area contributed by atoms with Crippen molar-refractivity contribution in [2.24, 2.45) is 0 Å². The van der Waals surface area contributed by atoms with Gasteiger partial charge in [-0.15, -0.1) is 0 Å². The molecule has 0 saturated carbocycles. The minimum absolute atomic E-state index is 0.0177. The van der Waals surface area contributed by atoms with Gasteiger partial charge in [0.1, 0.15) is 23.4 Å². The van der Waals surface area contributed by atoms with Crippen LogP contribution < -0.4 is 4.74 Å². The highest BCUT2D eigenvalue weighted by atomic mass is 35.5. The molecule has 208 valence electrons. The first-order valence-electron chi connectivity index (χ1n) is 11.5. The summed E-state index contributed by atoms with van der Waals surface area (Å²) in [6, 6.07) is 14.2. The van der Waals surface area contributed by atoms with Gasteiger partial charge in [-0.2, -0.15) is 26.3 Å². The maximum Gasteiger partial charge on any atom is 0.416 e. The Bertz CT molecular complexity index is 1320. The normalized spacial score (nSPS) is 17.0. The number of likely N-dealkylation sites (tertiary alicyclic amines) is 1. The summed E-state index contributed by atoms with van der Waals surface area (Å²) in [6.45, 7) is 0.426. The molecule has 0 bridgehead atoms. The van der Waals surface area contributed by atoms with Gasteiger partial charge in [0.05, 0.1) is 27.1 Å². The third-order valence-electron chi connectivity index (χ3n) is 6.34. The Labute approximate surface area is 229 Å². The van der Waals surface area contributed by atoms with E-state index in [2.05, 4.69) is 0 Å². The largest absolute Gasteiger partial charge is 0.512 e. The van der Waals surface area contributed by atoms with Crippen molar-refractivity contribution in [1.29, 1.82) is 0 Å². The van der Waals surface area contributed by atoms with Crippen molar-refractivity contribution in [1.82, 2.24) is 4.90 Å². The van der Waals surface area contributed by atoms with Crippen LogP contribution in [0.15, 0.2) is 78.8 Å². The van der Waals surface area contributed by atoms with Crippen molar-refractivity contribution in [3.63, 3.8) is 0 Å². The lowest BCUT2D eigenvalue weighted by Crippen LogP contribution is -2.60. The van der Waals surface area contributed by atoms with Gasteiger partial charge in [0.2, 0.25) is 0 Å². The summed E-state index contributed by atoms with van der Waals surface area (Å²) in [5, 5.41) is 21.3. The van der Waals surface area contributed by atoms with Crippen molar-refractivity contribution < 1.29 is 41.3 Å². The van der Waals surface area contributed by atoms with Crippen LogP contribution in [0.4, 0.5) is 26.3 Å². The Balaban J connectivity index is 1.66. The van der Waals surface area contributed by atoms with E-state index in [0.29, 0.717) is 29.5 Å². The van der Waals surface area contributed by atoms with Crippen molar-refractivity contribution in [2.75, 3.05) is 19.6 Å². The number of hydrogen-bond acceptors (Lipinski definition) is 4. The number of aliphatic hydroxyl groups is 2. The van der Waals surface area contributed by atoms with Gasteiger partial charge in [-0.25, -0.2) is 0 Å². The van der Waals surface area contributed by atoms with Gasteiger partial charge >= 0.3 is 12.4 Å². The number of hydrogen-bond donors (Lipinski definition) is 2. The van der Waals surface area contributed by atoms with Crippen LogP contribution in [-0.2, 0) is 18.0 Å². The predicted octanol–water partition coefficient (Wildman–Crippen LogP) is 7.80. The summed E-state index contributed by atoms with van der Waals surface area (Å²) in [4.78, 5) is 1.79. The van der Waals surface area contributed by atoms with Crippen LogP contribution in [0.1, 0.15) is 28.2 Å². The van der Waals surface area contributed by atoms with E-state index in [9.17, 15) is 36.6 Å². The molecule has 3 aromatic rings. The average molecular weight is 592 g/mol. The third kappa shape index (κ3) is 6.63. The van der Waals surface area contributed by atoms with E-state index >= 15 is 0 Å². The molecule has 2 N–H and O–H groups in total. The maximum absolute atomic E-state index is 13.4. The van der Waals surface area contributed by atoms with Crippen molar-refractivity contribution >= 4 is 23.2 Å². The van der Waals surface area contributed by atoms with Gasteiger partial charge in [-0.3, -0.25) is 4.90 Å². The van der Waals surface area contributed by atoms with Crippen LogP contribution in [0.5, 0.6) is 5.75 Å². The zero-order valence-electron chi connectivity index (χ0n) is 19.9. The number of ether oxygens (including phenoxy) is 1. The molecule has 4 rings (SSSR count). The number of benzene rings is 3. The number of alkyl halides is 6. The second-order valence-electron chi connectivity index (χ2n) is 9.17. The molecule has 12 heteroatoms. The molecule has 1 atom stereocenters. The van der Waals surface area contributed by atoms with Crippen LogP contribution in [0.3, 0.4) is 0 Å². The fraction of sp³-hybridized carbons (Fsp3) is 0.259. The van der Waals surface area contributed by atoms with Gasteiger partial charge in [-0.05, 0) is 41.5 Å². The Kier molecular flexibility index (Phi) is 8.14. The zero-order valence-corrected chi connectivity index (χ0v) is 21.4. The smallest absolute Gasteiger partial charge is 0.416 e. The van der Waals surface area contributed by atoms with E-state index in [0.717, 1.165) is 0 Å². The van der Waals surface area contributed by atoms with Crippen molar-refractivity contribution in [3.8, 4) is 5.75 Å². The summed E-state index contributed by atoms with van der Waals surface area (Å²) in [6.07, 6.45) is -9.68. The molecule has 0 spiro atoms. The lowest BCUT2D eigenvalue weighted by molar-refractivity contribution is -0.143. The Morgan fingerprint density at radius 3 is 2.00 bits per heavy atom. The minimum Gasteiger partial charge on any atom is -0.512 e. The average Bonchev–Trinajstić information content (AvgIpc) is 2.85. The summed E-state index contributed by atoms with van der Waals surface area (Å²) < 4.78 is 85.6. The minimum atomic E-state index is -5.08. The first-order valence-corrected chi connectivity index (χ1v) is 12.2. The molecule has 3 aromatic carbocycles. The van der Waals surface area contributed by atoms with Gasteiger partial charge in [0.25, 0.3) is 0 Å². The summed E-state index contributed by atoms with van der Waals surface area (Å²) in [5.74, 6) is -2.02. The molecule has 1 saturated heterocycles. The Morgan fingerprint density at radius 2 is 1.49 bits per heavy atom. The number of aliphatic hydroxyl groups excluding tert-OH is 1. The molecular formula is C27H21Cl2F6NO3. The second-order valence-corrected chi connectivity index (χ2v) is 9.98. The highest BCUT2D eigenvalue weighted by Gasteiger charge is 2.44. The summed E-state index contributed by atoms with van der Waals surface area (Å²) in [5.41, 5.74) is -3.18. The van der Waals surface area contributed by atoms with E-state index in [-0.39, 0.29) is 41.5 Å². The third-order valence-corrected chi connectivity index (χ3v) is 7.07. The van der Waals surface area contributed by atoms with E-state index in [4.69, 9.17) is 27.9 Å². The first-order chi connectivity index (χ1) is 18.2. The van der Waals surface area contributed by atoms with Crippen LogP contribution in [0.25, 0.3) is 0 Å². The molecule has 1 unspecified atom stereocenters. The van der Waals surface area contributed by atoms with Crippen LogP contribution in [0, 0.1) is 0 Å². The molecule has 1 aliphatic rings. The Hall–Kier alpha value is -2.92. The van der Waals surface area contributed by atoms with E-state index < -0.39 is 40.7 Å². The lowest BCUT2D eigenvalue weighted by atomic mass is 9.84. The quantitative estimate of drug-likeness (QED) is 0.217. The number of nitrogens with zero attached hydrogens (tertiary/aromatic N) is 1. The molecule has 39 heavy (non-hydrogen) atoms. The predicted molar refractivity (Wildman–Crippen MR) is 134 cm³/mol. The molecule has 1 heterocycles. The van der Waals surface area contributed by atoms with Gasteiger partial charge in [0, 0.05) is 19.6 Å². The molecular weight excluding hydrogens is 571 g/mol. The molecule has 0 aliphatic carbocycles. The number of halogens is 8. The number of β-amino-alcohol motifs (C(OH)–C–C–N with tert-alkyl or cyclic N) is 1. The highest BCUT2D eigenvalue weighted by molar-refractivity contribution is 6.42. The molecule has 0 radical (unpaired) electrons. The van der Waals surface area contributed by atoms with E-state index in [1.165, 1.54) is 12.1 Å². The fourth-order valence-electron chi connectivity index (χ4n) is 4.41.